The number of hydrogen-bond acceptors (Lipinski definition) is 5. The van der Waals surface area contributed by atoms with Crippen LogP contribution in [0.15, 0.2) is 18.2 Å². The minimum absolute atomic E-state index is 0.0829. The van der Waals surface area contributed by atoms with Crippen LogP contribution in [0.3, 0.4) is 0 Å². The predicted molar refractivity (Wildman–Crippen MR) is 107 cm³/mol. The smallest absolute Gasteiger partial charge is 0.369 e. The Kier molecular flexibility index (Phi) is 6.26. The van der Waals surface area contributed by atoms with E-state index in [0.717, 1.165) is 18.9 Å². The molecule has 0 unspecified atom stereocenters. The number of aliphatic hydroxyl groups is 1. The summed E-state index contributed by atoms with van der Waals surface area (Å²) in [5.41, 5.74) is -1.41. The lowest BCUT2D eigenvalue weighted by molar-refractivity contribution is -0.376. The van der Waals surface area contributed by atoms with Gasteiger partial charge in [-0.3, -0.25) is 9.59 Å². The Morgan fingerprint density at radius 3 is 2.24 bits per heavy atom. The van der Waals surface area contributed by atoms with E-state index in [1.165, 1.54) is 11.8 Å². The van der Waals surface area contributed by atoms with Crippen LogP contribution in [0.4, 0.5) is 26.3 Å². The number of likely N-dealkylation sites (tertiary alicyclic amines) is 1. The Morgan fingerprint density at radius 2 is 1.79 bits per heavy atom. The maximum absolute atomic E-state index is 13.2. The van der Waals surface area contributed by atoms with Crippen LogP contribution >= 0.6 is 11.3 Å². The zero-order valence-corrected chi connectivity index (χ0v) is 18.2. The second-order valence-corrected chi connectivity index (χ2v) is 8.79. The van der Waals surface area contributed by atoms with E-state index >= 15 is 0 Å². The number of thiazole rings is 1. The molecule has 1 saturated heterocycles. The number of benzene rings is 1. The zero-order valence-electron chi connectivity index (χ0n) is 17.3. The van der Waals surface area contributed by atoms with Crippen molar-refractivity contribution in [1.29, 1.82) is 0 Å². The number of aryl methyl sites for hydroxylation is 1. The Balaban J connectivity index is 2.15. The van der Waals surface area contributed by atoms with Gasteiger partial charge in [0, 0.05) is 18.2 Å². The third kappa shape index (κ3) is 4.19. The van der Waals surface area contributed by atoms with Gasteiger partial charge in [0.25, 0.3) is 17.4 Å². The lowest BCUT2D eigenvalue weighted by Crippen LogP contribution is -2.53. The Bertz CT molecular complexity index is 1080. The highest BCUT2D eigenvalue weighted by Crippen LogP contribution is 2.50. The zero-order chi connectivity index (χ0) is 24.9. The summed E-state index contributed by atoms with van der Waals surface area (Å²) in [4.78, 5) is 30.3. The van der Waals surface area contributed by atoms with Gasteiger partial charge < -0.3 is 15.7 Å². The van der Waals surface area contributed by atoms with Crippen molar-refractivity contribution in [3.8, 4) is 10.4 Å². The quantitative estimate of drug-likeness (QED) is 0.623. The molecule has 0 bridgehead atoms. The van der Waals surface area contributed by atoms with Crippen LogP contribution in [0.1, 0.15) is 51.2 Å². The first kappa shape index (κ1) is 25.0. The summed E-state index contributed by atoms with van der Waals surface area (Å²) in [5, 5.41) is 9.42. The van der Waals surface area contributed by atoms with Crippen molar-refractivity contribution >= 4 is 23.2 Å². The number of rotatable bonds is 4. The lowest BCUT2D eigenvalue weighted by Gasteiger charge is -2.33. The third-order valence-corrected chi connectivity index (χ3v) is 6.67. The number of aromatic nitrogens is 1. The van der Waals surface area contributed by atoms with Crippen molar-refractivity contribution in [2.24, 2.45) is 5.73 Å². The molecule has 1 aliphatic heterocycles. The van der Waals surface area contributed by atoms with E-state index in [4.69, 9.17) is 5.73 Å². The van der Waals surface area contributed by atoms with Crippen LogP contribution in [-0.2, 0) is 5.60 Å². The van der Waals surface area contributed by atoms with Gasteiger partial charge >= 0.3 is 12.4 Å². The number of halogens is 6. The van der Waals surface area contributed by atoms with Crippen molar-refractivity contribution in [1.82, 2.24) is 9.88 Å². The Morgan fingerprint density at radius 1 is 1.18 bits per heavy atom. The SMILES string of the molecule is Cc1cc(C(O)(C(F)(F)F)C(F)(F)F)ccc1-c1sc(C(N)=O)nc1C(=O)N1CCC[C@@H]1C. The van der Waals surface area contributed by atoms with Crippen LogP contribution in [0.25, 0.3) is 10.4 Å². The summed E-state index contributed by atoms with van der Waals surface area (Å²) >= 11 is 0.708. The van der Waals surface area contributed by atoms with Crippen LogP contribution < -0.4 is 5.73 Å². The average Bonchev–Trinajstić information content (AvgIpc) is 3.31. The third-order valence-electron chi connectivity index (χ3n) is 5.56. The van der Waals surface area contributed by atoms with Crippen LogP contribution in [0.5, 0.6) is 0 Å². The van der Waals surface area contributed by atoms with Crippen molar-refractivity contribution in [3.05, 3.63) is 40.0 Å². The largest absolute Gasteiger partial charge is 0.430 e. The number of primary amides is 1. The Labute approximate surface area is 188 Å². The van der Waals surface area contributed by atoms with Gasteiger partial charge in [0.15, 0.2) is 5.01 Å². The average molecular weight is 495 g/mol. The number of carbonyl (C=O) groups is 2. The van der Waals surface area contributed by atoms with Gasteiger partial charge in [0.05, 0.1) is 4.88 Å². The van der Waals surface area contributed by atoms with Crippen molar-refractivity contribution < 1.29 is 41.0 Å². The summed E-state index contributed by atoms with van der Waals surface area (Å²) in [6.45, 7) is 3.48. The first-order chi connectivity index (χ1) is 15.1. The highest BCUT2D eigenvalue weighted by atomic mass is 32.1. The molecular weight excluding hydrogens is 476 g/mol. The number of hydrogen-bond donors (Lipinski definition) is 2. The molecule has 1 aliphatic rings. The molecule has 0 spiro atoms. The molecule has 0 saturated carbocycles. The minimum Gasteiger partial charge on any atom is -0.369 e. The van der Waals surface area contributed by atoms with Gasteiger partial charge in [-0.1, -0.05) is 18.2 Å². The summed E-state index contributed by atoms with van der Waals surface area (Å²) < 4.78 is 79.4. The fraction of sp³-hybridized carbons (Fsp3) is 0.450. The molecule has 1 fully saturated rings. The number of nitrogens with zero attached hydrogens (tertiary/aromatic N) is 2. The molecule has 180 valence electrons. The van der Waals surface area contributed by atoms with E-state index in [-0.39, 0.29) is 32.7 Å². The van der Waals surface area contributed by atoms with E-state index in [2.05, 4.69) is 4.98 Å². The Hall–Kier alpha value is -2.67. The second-order valence-electron chi connectivity index (χ2n) is 7.79. The predicted octanol–water partition coefficient (Wildman–Crippen LogP) is 4.15. The molecule has 1 aromatic heterocycles. The summed E-state index contributed by atoms with van der Waals surface area (Å²) in [6, 6.07) is 1.85. The number of amides is 2. The van der Waals surface area contributed by atoms with Crippen molar-refractivity contribution in [3.63, 3.8) is 0 Å². The number of carbonyl (C=O) groups excluding carboxylic acids is 2. The van der Waals surface area contributed by atoms with Gasteiger partial charge in [-0.15, -0.1) is 11.3 Å². The molecule has 13 heteroatoms. The highest BCUT2D eigenvalue weighted by molar-refractivity contribution is 7.17. The molecular formula is C20H19F6N3O3S. The lowest BCUT2D eigenvalue weighted by atomic mass is 9.89. The first-order valence-corrected chi connectivity index (χ1v) is 10.5. The van der Waals surface area contributed by atoms with E-state index in [0.29, 0.717) is 30.0 Å². The molecule has 33 heavy (non-hydrogen) atoms. The van der Waals surface area contributed by atoms with E-state index in [1.54, 1.807) is 0 Å². The molecule has 3 N–H and O–H groups in total. The topological polar surface area (TPSA) is 96.5 Å². The van der Waals surface area contributed by atoms with Gasteiger partial charge in [0.1, 0.15) is 5.69 Å². The van der Waals surface area contributed by atoms with Crippen LogP contribution in [0, 0.1) is 6.92 Å². The molecule has 3 rings (SSSR count). The fourth-order valence-corrected chi connectivity index (χ4v) is 4.76. The normalized spacial score (nSPS) is 17.5. The maximum atomic E-state index is 13.2. The first-order valence-electron chi connectivity index (χ1n) is 9.68. The second kappa shape index (κ2) is 8.28. The van der Waals surface area contributed by atoms with E-state index in [9.17, 15) is 41.0 Å². The fourth-order valence-electron chi connectivity index (χ4n) is 3.76. The standard InChI is InChI=1S/C20H19F6N3O3S/c1-9-8-11(18(32,19(21,22)23)20(24,25)26)5-6-12(9)14-13(28-16(33-14)15(27)30)17(31)29-7-3-4-10(29)2/h5-6,8,10,32H,3-4,7H2,1-2H3,(H2,27,30)/t10-/m0/s1. The highest BCUT2D eigenvalue weighted by Gasteiger charge is 2.71. The number of alkyl halides is 6. The molecule has 2 amide bonds. The van der Waals surface area contributed by atoms with E-state index in [1.807, 2.05) is 6.92 Å². The minimum atomic E-state index is -6.03. The van der Waals surface area contributed by atoms with Gasteiger partial charge in [-0.2, -0.15) is 26.3 Å². The van der Waals surface area contributed by atoms with Crippen molar-refractivity contribution in [2.75, 3.05) is 6.54 Å². The molecule has 2 aromatic rings. The molecule has 0 aliphatic carbocycles. The van der Waals surface area contributed by atoms with Gasteiger partial charge in [0.2, 0.25) is 0 Å². The molecule has 2 heterocycles. The summed E-state index contributed by atoms with van der Waals surface area (Å²) in [7, 11) is 0. The van der Waals surface area contributed by atoms with Gasteiger partial charge in [-0.25, -0.2) is 4.98 Å². The maximum Gasteiger partial charge on any atom is 0.430 e. The summed E-state index contributed by atoms with van der Waals surface area (Å²) in [5.74, 6) is -1.46. The molecule has 1 aromatic carbocycles. The van der Waals surface area contributed by atoms with Gasteiger partial charge in [-0.05, 0) is 37.8 Å². The monoisotopic (exact) mass is 495 g/mol. The summed E-state index contributed by atoms with van der Waals surface area (Å²) in [6.07, 6.45) is -10.6. The van der Waals surface area contributed by atoms with Crippen molar-refractivity contribution in [2.45, 2.75) is 50.7 Å². The van der Waals surface area contributed by atoms with Crippen LogP contribution in [-0.4, -0.2) is 51.7 Å². The van der Waals surface area contributed by atoms with Crippen LogP contribution in [0.2, 0.25) is 0 Å². The molecule has 1 atom stereocenters. The van der Waals surface area contributed by atoms with E-state index < -0.39 is 35.3 Å². The number of nitrogens with two attached hydrogens (primary N) is 1. The molecule has 6 nitrogen and oxygen atoms in total. The molecule has 0 radical (unpaired) electrons.